The van der Waals surface area contributed by atoms with Crippen LogP contribution in [0.1, 0.15) is 18.2 Å². The van der Waals surface area contributed by atoms with Crippen LogP contribution in [0.15, 0.2) is 15.8 Å². The van der Waals surface area contributed by atoms with E-state index in [0.29, 0.717) is 5.56 Å². The molecule has 0 aromatic carbocycles. The molecule has 3 atom stereocenters. The van der Waals surface area contributed by atoms with Crippen molar-refractivity contribution in [3.63, 3.8) is 0 Å². The summed E-state index contributed by atoms with van der Waals surface area (Å²) in [5, 5.41) is 9.87. The number of ether oxygens (including phenoxy) is 2. The van der Waals surface area contributed by atoms with Gasteiger partial charge in [0.05, 0.1) is 12.7 Å². The highest BCUT2D eigenvalue weighted by atomic mass is 16.7. The van der Waals surface area contributed by atoms with E-state index < -0.39 is 29.7 Å². The van der Waals surface area contributed by atoms with E-state index in [2.05, 4.69) is 9.82 Å². The van der Waals surface area contributed by atoms with Gasteiger partial charge < -0.3 is 14.6 Å². The molecule has 1 aromatic heterocycles. The number of aliphatic hydroxyl groups excluding tert-OH is 1. The molecule has 20 heavy (non-hydrogen) atoms. The van der Waals surface area contributed by atoms with Crippen LogP contribution in [0.3, 0.4) is 0 Å². The zero-order chi connectivity index (χ0) is 14.7. The molecule has 112 valence electrons. The van der Waals surface area contributed by atoms with Gasteiger partial charge in [-0.1, -0.05) is 0 Å². The first-order chi connectivity index (χ1) is 9.52. The van der Waals surface area contributed by atoms with Gasteiger partial charge in [0.25, 0.3) is 5.56 Å². The van der Waals surface area contributed by atoms with E-state index in [0.717, 1.165) is 0 Å². The molecule has 0 spiro atoms. The van der Waals surface area contributed by atoms with Crippen LogP contribution in [0.4, 0.5) is 0 Å². The van der Waals surface area contributed by atoms with Crippen LogP contribution in [0.25, 0.3) is 0 Å². The fraction of sp³-hybridized carbons (Fsp3) is 0.636. The Bertz CT molecular complexity index is 568. The molecule has 4 N–H and O–H groups in total. The summed E-state index contributed by atoms with van der Waals surface area (Å²) in [6.45, 7) is 1.56. The van der Waals surface area contributed by atoms with E-state index in [-0.39, 0.29) is 19.8 Å². The lowest BCUT2D eigenvalue weighted by atomic mass is 10.2. The molecule has 0 amide bonds. The van der Waals surface area contributed by atoms with Crippen molar-refractivity contribution in [2.75, 3.05) is 13.4 Å². The molecule has 0 radical (unpaired) electrons. The molecule has 0 bridgehead atoms. The average Bonchev–Trinajstić information content (AvgIpc) is 2.76. The highest BCUT2D eigenvalue weighted by molar-refractivity contribution is 5.02. The smallest absolute Gasteiger partial charge is 0.330 e. The largest absolute Gasteiger partial charge is 0.390 e. The Morgan fingerprint density at radius 3 is 3.05 bits per heavy atom. The zero-order valence-corrected chi connectivity index (χ0v) is 10.9. The fourth-order valence-electron chi connectivity index (χ4n) is 2.05. The third kappa shape index (κ3) is 3.14. The van der Waals surface area contributed by atoms with Gasteiger partial charge >= 0.3 is 5.69 Å². The maximum atomic E-state index is 11.7. The van der Waals surface area contributed by atoms with E-state index in [1.165, 1.54) is 10.8 Å². The summed E-state index contributed by atoms with van der Waals surface area (Å²) in [7, 11) is 0. The summed E-state index contributed by atoms with van der Waals surface area (Å²) in [5.41, 5.74) is -0.631. The number of rotatable bonds is 5. The number of nitrogens with one attached hydrogen (secondary N) is 1. The second kappa shape index (κ2) is 6.29. The second-order valence-corrected chi connectivity index (χ2v) is 4.57. The quantitative estimate of drug-likeness (QED) is 0.336. The minimum Gasteiger partial charge on any atom is -0.390 e. The first-order valence-corrected chi connectivity index (χ1v) is 6.08. The summed E-state index contributed by atoms with van der Waals surface area (Å²) in [5.74, 6) is 4.81. The Morgan fingerprint density at radius 1 is 1.60 bits per heavy atom. The Hall–Kier alpha value is -1.52. The van der Waals surface area contributed by atoms with Crippen LogP contribution in [0.5, 0.6) is 0 Å². The third-order valence-electron chi connectivity index (χ3n) is 3.09. The van der Waals surface area contributed by atoms with Crippen LogP contribution in [0.2, 0.25) is 0 Å². The van der Waals surface area contributed by atoms with E-state index >= 15 is 0 Å². The van der Waals surface area contributed by atoms with Crippen molar-refractivity contribution in [2.24, 2.45) is 5.90 Å². The predicted molar refractivity (Wildman–Crippen MR) is 66.7 cm³/mol. The Morgan fingerprint density at radius 2 is 2.35 bits per heavy atom. The molecular formula is C11H17N3O6. The molecule has 2 rings (SSSR count). The van der Waals surface area contributed by atoms with Gasteiger partial charge in [0, 0.05) is 18.2 Å². The molecule has 1 aliphatic heterocycles. The van der Waals surface area contributed by atoms with E-state index in [4.69, 9.17) is 15.4 Å². The summed E-state index contributed by atoms with van der Waals surface area (Å²) in [4.78, 5) is 29.5. The first-order valence-electron chi connectivity index (χ1n) is 6.08. The van der Waals surface area contributed by atoms with Crippen LogP contribution >= 0.6 is 0 Å². The van der Waals surface area contributed by atoms with Gasteiger partial charge in [-0.2, -0.15) is 0 Å². The molecule has 1 saturated heterocycles. The van der Waals surface area contributed by atoms with Crippen LogP contribution < -0.4 is 17.1 Å². The number of nitrogens with zero attached hydrogens (tertiary/aromatic N) is 1. The normalized spacial score (nSPS) is 26.1. The summed E-state index contributed by atoms with van der Waals surface area (Å²) in [6.07, 6.45) is -0.389. The molecular weight excluding hydrogens is 270 g/mol. The van der Waals surface area contributed by atoms with Crippen molar-refractivity contribution in [2.45, 2.75) is 31.8 Å². The lowest BCUT2D eigenvalue weighted by Crippen LogP contribution is -2.33. The van der Waals surface area contributed by atoms with Gasteiger partial charge in [-0.05, 0) is 6.92 Å². The van der Waals surface area contributed by atoms with Crippen molar-refractivity contribution >= 4 is 0 Å². The SMILES string of the molecule is Cc1cn([C@H]2C[C@H](O)[C@@H](COCON)O2)c(=O)[nH]c1=O. The highest BCUT2D eigenvalue weighted by Gasteiger charge is 2.35. The van der Waals surface area contributed by atoms with E-state index in [1.54, 1.807) is 6.92 Å². The van der Waals surface area contributed by atoms with Gasteiger partial charge in [0.15, 0.2) is 6.79 Å². The fourth-order valence-corrected chi connectivity index (χ4v) is 2.05. The molecule has 2 heterocycles. The Kier molecular flexibility index (Phi) is 4.68. The van der Waals surface area contributed by atoms with Crippen molar-refractivity contribution in [1.29, 1.82) is 0 Å². The number of aryl methyl sites for hydroxylation is 1. The van der Waals surface area contributed by atoms with Crippen molar-refractivity contribution in [3.8, 4) is 0 Å². The number of H-pyrrole nitrogens is 1. The minimum absolute atomic E-state index is 0.0892. The van der Waals surface area contributed by atoms with Gasteiger partial charge in [-0.3, -0.25) is 19.2 Å². The Labute approximate surface area is 113 Å². The molecule has 0 aliphatic carbocycles. The topological polar surface area (TPSA) is 129 Å². The number of nitrogens with two attached hydrogens (primary N) is 1. The average molecular weight is 287 g/mol. The minimum atomic E-state index is -0.781. The number of aromatic amines is 1. The number of aliphatic hydroxyl groups is 1. The van der Waals surface area contributed by atoms with Gasteiger partial charge in [0.1, 0.15) is 12.3 Å². The van der Waals surface area contributed by atoms with Crippen LogP contribution in [0, 0.1) is 6.92 Å². The zero-order valence-electron chi connectivity index (χ0n) is 10.9. The van der Waals surface area contributed by atoms with Crippen LogP contribution in [-0.2, 0) is 14.3 Å². The number of aromatic nitrogens is 2. The molecule has 9 heteroatoms. The predicted octanol–water partition coefficient (Wildman–Crippen LogP) is -1.64. The van der Waals surface area contributed by atoms with Crippen molar-refractivity contribution in [1.82, 2.24) is 9.55 Å². The number of hydrogen-bond donors (Lipinski definition) is 3. The van der Waals surface area contributed by atoms with Crippen LogP contribution in [-0.4, -0.2) is 40.3 Å². The summed E-state index contributed by atoms with van der Waals surface area (Å²) >= 11 is 0. The molecule has 1 fully saturated rings. The highest BCUT2D eigenvalue weighted by Crippen LogP contribution is 2.27. The summed E-state index contributed by atoms with van der Waals surface area (Å²) in [6, 6.07) is 0. The molecule has 0 saturated carbocycles. The van der Waals surface area contributed by atoms with Gasteiger partial charge in [-0.25, -0.2) is 10.7 Å². The molecule has 0 unspecified atom stereocenters. The second-order valence-electron chi connectivity index (χ2n) is 4.57. The monoisotopic (exact) mass is 287 g/mol. The van der Waals surface area contributed by atoms with E-state index in [1.807, 2.05) is 0 Å². The van der Waals surface area contributed by atoms with Crippen molar-refractivity contribution in [3.05, 3.63) is 32.6 Å². The standard InChI is InChI=1S/C11H17N3O6/c1-6-3-14(11(17)13-10(6)16)9-2-7(15)8(20-9)4-18-5-19-12/h3,7-9,15H,2,4-5,12H2,1H3,(H,13,16,17)/t7-,8+,9+/m0/s1. The van der Waals surface area contributed by atoms with E-state index in [9.17, 15) is 14.7 Å². The maximum Gasteiger partial charge on any atom is 0.330 e. The lowest BCUT2D eigenvalue weighted by Gasteiger charge is -2.16. The molecule has 1 aliphatic rings. The molecule has 1 aromatic rings. The Balaban J connectivity index is 2.10. The van der Waals surface area contributed by atoms with Gasteiger partial charge in [-0.15, -0.1) is 0 Å². The van der Waals surface area contributed by atoms with Crippen molar-refractivity contribution < 1.29 is 19.4 Å². The van der Waals surface area contributed by atoms with Gasteiger partial charge in [0.2, 0.25) is 0 Å². The lowest BCUT2D eigenvalue weighted by molar-refractivity contribution is -0.112. The maximum absolute atomic E-state index is 11.7. The third-order valence-corrected chi connectivity index (χ3v) is 3.09. The first kappa shape index (κ1) is 14.9. The number of hydrogen-bond acceptors (Lipinski definition) is 7. The summed E-state index contributed by atoms with van der Waals surface area (Å²) < 4.78 is 11.8. The molecule has 9 nitrogen and oxygen atoms in total.